The van der Waals surface area contributed by atoms with Gasteiger partial charge in [0, 0.05) is 11.1 Å². The predicted molar refractivity (Wildman–Crippen MR) is 107 cm³/mol. The van der Waals surface area contributed by atoms with Crippen molar-refractivity contribution >= 4 is 16.6 Å². The van der Waals surface area contributed by atoms with Crippen molar-refractivity contribution in [3.05, 3.63) is 96.1 Å². The van der Waals surface area contributed by atoms with Gasteiger partial charge in [0.15, 0.2) is 5.78 Å². The summed E-state index contributed by atoms with van der Waals surface area (Å²) in [6.45, 7) is 0. The number of phenolic OH excluding ortho intramolecular Hbond substituents is 1. The maximum Gasteiger partial charge on any atom is 0.194 e. The van der Waals surface area contributed by atoms with E-state index in [2.05, 4.69) is 0 Å². The first-order valence-electron chi connectivity index (χ1n) is 8.67. The van der Waals surface area contributed by atoms with Crippen LogP contribution in [0, 0.1) is 0 Å². The number of rotatable bonds is 4. The molecule has 27 heavy (non-hydrogen) atoms. The minimum Gasteiger partial charge on any atom is -0.508 e. The lowest BCUT2D eigenvalue weighted by Crippen LogP contribution is -2.05. The molecule has 0 radical (unpaired) electrons. The fraction of sp³-hybridized carbons (Fsp3) is 0.0417. The van der Waals surface area contributed by atoms with Gasteiger partial charge in [-0.15, -0.1) is 0 Å². The Morgan fingerprint density at radius 1 is 0.852 bits per heavy atom. The monoisotopic (exact) mass is 354 g/mol. The van der Waals surface area contributed by atoms with Crippen molar-refractivity contribution in [1.82, 2.24) is 0 Å². The molecule has 0 unspecified atom stereocenters. The van der Waals surface area contributed by atoms with Gasteiger partial charge in [0.25, 0.3) is 0 Å². The molecule has 0 saturated carbocycles. The maximum atomic E-state index is 13.4. The van der Waals surface area contributed by atoms with Crippen LogP contribution in [-0.4, -0.2) is 18.0 Å². The highest BCUT2D eigenvalue weighted by molar-refractivity contribution is 6.20. The van der Waals surface area contributed by atoms with Gasteiger partial charge in [0.05, 0.1) is 7.11 Å². The summed E-state index contributed by atoms with van der Waals surface area (Å²) >= 11 is 0. The van der Waals surface area contributed by atoms with Gasteiger partial charge in [-0.25, -0.2) is 0 Å². The second-order valence-electron chi connectivity index (χ2n) is 6.32. The minimum absolute atomic E-state index is 0.0791. The van der Waals surface area contributed by atoms with E-state index in [0.29, 0.717) is 11.1 Å². The van der Waals surface area contributed by atoms with E-state index in [1.165, 1.54) is 12.1 Å². The first kappa shape index (κ1) is 16.9. The summed E-state index contributed by atoms with van der Waals surface area (Å²) in [5.74, 6) is 0.797. The van der Waals surface area contributed by atoms with Crippen LogP contribution in [0.1, 0.15) is 15.9 Å². The molecule has 0 aliphatic carbocycles. The van der Waals surface area contributed by atoms with Gasteiger partial charge in [0.2, 0.25) is 0 Å². The second kappa shape index (κ2) is 6.96. The lowest BCUT2D eigenvalue weighted by molar-refractivity contribution is 0.104. The molecule has 0 fully saturated rings. The van der Waals surface area contributed by atoms with Gasteiger partial charge in [-0.2, -0.15) is 0 Å². The molecule has 132 valence electrons. The first-order valence-corrected chi connectivity index (χ1v) is 8.67. The largest absolute Gasteiger partial charge is 0.508 e. The third kappa shape index (κ3) is 3.15. The molecule has 0 aliphatic rings. The van der Waals surface area contributed by atoms with E-state index in [9.17, 15) is 9.90 Å². The fourth-order valence-electron chi connectivity index (χ4n) is 3.30. The number of hydrogen-bond acceptors (Lipinski definition) is 3. The van der Waals surface area contributed by atoms with Crippen molar-refractivity contribution in [2.24, 2.45) is 0 Å². The quantitative estimate of drug-likeness (QED) is 0.496. The third-order valence-electron chi connectivity index (χ3n) is 4.67. The number of hydrogen-bond donors (Lipinski definition) is 1. The standard InChI is InChI=1S/C24H18O3/c1-27-20-7-4-6-18(15-20)22-14-11-16-5-2-3-8-21(16)23(22)24(26)17-9-12-19(25)13-10-17/h2-15,25H,1H3. The molecule has 0 aliphatic heterocycles. The van der Waals surface area contributed by atoms with Gasteiger partial charge in [-0.05, 0) is 58.3 Å². The highest BCUT2D eigenvalue weighted by atomic mass is 16.5. The topological polar surface area (TPSA) is 46.5 Å². The highest BCUT2D eigenvalue weighted by Crippen LogP contribution is 2.33. The summed E-state index contributed by atoms with van der Waals surface area (Å²) in [6, 6.07) is 25.9. The van der Waals surface area contributed by atoms with Crippen LogP contribution in [0.3, 0.4) is 0 Å². The highest BCUT2D eigenvalue weighted by Gasteiger charge is 2.18. The molecule has 0 bridgehead atoms. The molecule has 0 amide bonds. The SMILES string of the molecule is COc1cccc(-c2ccc3ccccc3c2C(=O)c2ccc(O)cc2)c1. The zero-order chi connectivity index (χ0) is 18.8. The van der Waals surface area contributed by atoms with Crippen LogP contribution in [0.15, 0.2) is 84.9 Å². The first-order chi connectivity index (χ1) is 13.2. The third-order valence-corrected chi connectivity index (χ3v) is 4.67. The molecule has 3 nitrogen and oxygen atoms in total. The normalized spacial score (nSPS) is 10.7. The van der Waals surface area contributed by atoms with Gasteiger partial charge in [-0.1, -0.05) is 48.5 Å². The van der Waals surface area contributed by atoms with Crippen molar-refractivity contribution in [3.63, 3.8) is 0 Å². The molecule has 0 saturated heterocycles. The number of aromatic hydroxyl groups is 1. The zero-order valence-electron chi connectivity index (χ0n) is 14.8. The molecule has 4 aromatic carbocycles. The summed E-state index contributed by atoms with van der Waals surface area (Å²) in [6.07, 6.45) is 0. The molecular weight excluding hydrogens is 336 g/mol. The summed E-state index contributed by atoms with van der Waals surface area (Å²) in [5.41, 5.74) is 2.95. The van der Waals surface area contributed by atoms with Crippen LogP contribution in [0.4, 0.5) is 0 Å². The molecule has 0 aromatic heterocycles. The van der Waals surface area contributed by atoms with E-state index in [0.717, 1.165) is 27.6 Å². The molecule has 0 spiro atoms. The number of methoxy groups -OCH3 is 1. The maximum absolute atomic E-state index is 13.4. The van der Waals surface area contributed by atoms with E-state index in [-0.39, 0.29) is 11.5 Å². The van der Waals surface area contributed by atoms with Crippen molar-refractivity contribution in [2.75, 3.05) is 7.11 Å². The van der Waals surface area contributed by atoms with E-state index in [4.69, 9.17) is 4.74 Å². The van der Waals surface area contributed by atoms with Crippen LogP contribution in [0.5, 0.6) is 11.5 Å². The molecule has 4 rings (SSSR count). The van der Waals surface area contributed by atoms with E-state index >= 15 is 0 Å². The summed E-state index contributed by atoms with van der Waals surface area (Å²) in [4.78, 5) is 13.4. The van der Waals surface area contributed by atoms with E-state index < -0.39 is 0 Å². The Balaban J connectivity index is 1.98. The average Bonchev–Trinajstić information content (AvgIpc) is 2.73. The van der Waals surface area contributed by atoms with Gasteiger partial charge in [0.1, 0.15) is 11.5 Å². The lowest BCUT2D eigenvalue weighted by atomic mass is 9.89. The number of benzene rings is 4. The van der Waals surface area contributed by atoms with Gasteiger partial charge >= 0.3 is 0 Å². The summed E-state index contributed by atoms with van der Waals surface area (Å²) in [7, 11) is 1.63. The van der Waals surface area contributed by atoms with E-state index in [1.54, 1.807) is 19.2 Å². The van der Waals surface area contributed by atoms with Crippen molar-refractivity contribution in [1.29, 1.82) is 0 Å². The lowest BCUT2D eigenvalue weighted by Gasteiger charge is -2.14. The minimum atomic E-state index is -0.0791. The molecule has 4 aromatic rings. The van der Waals surface area contributed by atoms with Crippen LogP contribution in [0.25, 0.3) is 21.9 Å². The van der Waals surface area contributed by atoms with Crippen LogP contribution in [0.2, 0.25) is 0 Å². The van der Waals surface area contributed by atoms with Crippen LogP contribution < -0.4 is 4.74 Å². The van der Waals surface area contributed by atoms with Crippen LogP contribution >= 0.6 is 0 Å². The number of fused-ring (bicyclic) bond motifs is 1. The Kier molecular flexibility index (Phi) is 4.35. The molecule has 0 atom stereocenters. The van der Waals surface area contributed by atoms with Gasteiger partial charge in [-0.3, -0.25) is 4.79 Å². The molecular formula is C24H18O3. The Bertz CT molecular complexity index is 1130. The number of carbonyl (C=O) groups excluding carboxylic acids is 1. The summed E-state index contributed by atoms with van der Waals surface area (Å²) in [5, 5.41) is 11.5. The number of phenols is 1. The average molecular weight is 354 g/mol. The van der Waals surface area contributed by atoms with Crippen LogP contribution in [-0.2, 0) is 0 Å². The molecule has 0 heterocycles. The zero-order valence-corrected chi connectivity index (χ0v) is 14.8. The predicted octanol–water partition coefficient (Wildman–Crippen LogP) is 5.45. The smallest absolute Gasteiger partial charge is 0.194 e. The number of ketones is 1. The van der Waals surface area contributed by atoms with E-state index in [1.807, 2.05) is 60.7 Å². The van der Waals surface area contributed by atoms with Crippen molar-refractivity contribution < 1.29 is 14.6 Å². The van der Waals surface area contributed by atoms with Crippen molar-refractivity contribution in [3.8, 4) is 22.6 Å². The Labute approximate surface area is 157 Å². The second-order valence-corrected chi connectivity index (χ2v) is 6.32. The van der Waals surface area contributed by atoms with Crippen molar-refractivity contribution in [2.45, 2.75) is 0 Å². The Morgan fingerprint density at radius 3 is 2.41 bits per heavy atom. The van der Waals surface area contributed by atoms with Gasteiger partial charge < -0.3 is 9.84 Å². The molecule has 1 N–H and O–H groups in total. The Hall–Kier alpha value is -3.59. The fourth-order valence-corrected chi connectivity index (χ4v) is 3.30. The number of ether oxygens (including phenoxy) is 1. The Morgan fingerprint density at radius 2 is 1.63 bits per heavy atom. The summed E-state index contributed by atoms with van der Waals surface area (Å²) < 4.78 is 5.35. The number of carbonyl (C=O) groups is 1. The molecule has 3 heteroatoms.